The van der Waals surface area contributed by atoms with Gasteiger partial charge in [0.05, 0.1) is 22.9 Å². The van der Waals surface area contributed by atoms with E-state index in [9.17, 15) is 0 Å². The van der Waals surface area contributed by atoms with Crippen molar-refractivity contribution in [1.82, 2.24) is 9.88 Å². The molecule has 1 aromatic rings. The first-order chi connectivity index (χ1) is 8.63. The number of aromatic nitrogens is 1. The summed E-state index contributed by atoms with van der Waals surface area (Å²) in [5, 5.41) is 0.638. The van der Waals surface area contributed by atoms with Gasteiger partial charge in [-0.2, -0.15) is 0 Å². The minimum atomic E-state index is 0.0924. The Morgan fingerprint density at radius 2 is 1.94 bits per heavy atom. The fraction of sp³-hybridized carbons (Fsp3) is 0.583. The summed E-state index contributed by atoms with van der Waals surface area (Å²) in [6.07, 6.45) is 0.185. The number of hydrogen-bond acceptors (Lipinski definition) is 5. The van der Waals surface area contributed by atoms with Crippen LogP contribution in [0.1, 0.15) is 5.69 Å². The number of nitrogens with two attached hydrogens (primary N) is 1. The highest BCUT2D eigenvalue weighted by Gasteiger charge is 2.33. The number of halogens is 1. The predicted octanol–water partition coefficient (Wildman–Crippen LogP) is 1.16. The molecule has 0 aromatic carbocycles. The lowest BCUT2D eigenvalue weighted by Gasteiger charge is -2.15. The van der Waals surface area contributed by atoms with Gasteiger partial charge >= 0.3 is 0 Å². The Balaban J connectivity index is 2.04. The third-order valence-electron chi connectivity index (χ3n) is 3.21. The van der Waals surface area contributed by atoms with Crippen molar-refractivity contribution in [2.75, 3.05) is 33.0 Å². The average molecular weight is 272 g/mol. The number of anilines is 1. The maximum absolute atomic E-state index is 6.11. The molecule has 2 atom stereocenters. The van der Waals surface area contributed by atoms with E-state index in [0.29, 0.717) is 17.4 Å². The first-order valence-corrected chi connectivity index (χ1v) is 6.20. The molecule has 2 heterocycles. The second-order valence-corrected chi connectivity index (χ2v) is 4.81. The summed E-state index contributed by atoms with van der Waals surface area (Å²) in [6.45, 7) is 2.27. The molecule has 1 aliphatic rings. The molecule has 2 N–H and O–H groups in total. The summed E-state index contributed by atoms with van der Waals surface area (Å²) in [6, 6.07) is 3.47. The van der Waals surface area contributed by atoms with Crippen molar-refractivity contribution in [2.45, 2.75) is 18.8 Å². The lowest BCUT2D eigenvalue weighted by Crippen LogP contribution is -2.27. The Morgan fingerprint density at radius 1 is 1.33 bits per heavy atom. The standard InChI is InChI=1S/C12H18ClN3O2/c1-17-10-6-16(7-11(10)18-2)5-9-8(13)3-4-12(14)15-9/h3-4,10-11H,5-7H2,1-2H3,(H2,14,15). The van der Waals surface area contributed by atoms with Crippen LogP contribution < -0.4 is 5.73 Å². The van der Waals surface area contributed by atoms with Crippen LogP contribution in [0, 0.1) is 0 Å². The van der Waals surface area contributed by atoms with Crippen LogP contribution >= 0.6 is 11.6 Å². The van der Waals surface area contributed by atoms with Gasteiger partial charge in [-0.05, 0) is 12.1 Å². The molecule has 2 rings (SSSR count). The molecule has 0 radical (unpaired) electrons. The zero-order valence-electron chi connectivity index (χ0n) is 10.6. The molecule has 0 bridgehead atoms. The smallest absolute Gasteiger partial charge is 0.123 e. The van der Waals surface area contributed by atoms with Crippen molar-refractivity contribution in [1.29, 1.82) is 0 Å². The fourth-order valence-electron chi connectivity index (χ4n) is 2.22. The number of ether oxygens (including phenoxy) is 2. The first kappa shape index (κ1) is 13.5. The summed E-state index contributed by atoms with van der Waals surface area (Å²) >= 11 is 6.11. The van der Waals surface area contributed by atoms with Crippen LogP contribution in [0.2, 0.25) is 5.02 Å². The van der Waals surface area contributed by atoms with Gasteiger partial charge < -0.3 is 15.2 Å². The Labute approximate surface area is 112 Å². The Morgan fingerprint density at radius 3 is 2.50 bits per heavy atom. The van der Waals surface area contributed by atoms with Gasteiger partial charge in [0, 0.05) is 33.9 Å². The van der Waals surface area contributed by atoms with E-state index in [1.54, 1.807) is 26.4 Å². The molecule has 1 fully saturated rings. The van der Waals surface area contributed by atoms with Gasteiger partial charge in [-0.25, -0.2) is 4.98 Å². The number of likely N-dealkylation sites (tertiary alicyclic amines) is 1. The highest BCUT2D eigenvalue weighted by atomic mass is 35.5. The first-order valence-electron chi connectivity index (χ1n) is 5.83. The maximum atomic E-state index is 6.11. The van der Waals surface area contributed by atoms with Crippen LogP contribution in [-0.4, -0.2) is 49.4 Å². The van der Waals surface area contributed by atoms with Gasteiger partial charge in [0.15, 0.2) is 0 Å². The molecule has 0 amide bonds. The third kappa shape index (κ3) is 2.92. The quantitative estimate of drug-likeness (QED) is 0.891. The summed E-state index contributed by atoms with van der Waals surface area (Å²) in [5.41, 5.74) is 6.47. The minimum Gasteiger partial charge on any atom is -0.384 e. The number of pyridine rings is 1. The molecule has 1 saturated heterocycles. The van der Waals surface area contributed by atoms with Crippen LogP contribution in [0.5, 0.6) is 0 Å². The van der Waals surface area contributed by atoms with Gasteiger partial charge in [0.25, 0.3) is 0 Å². The number of methoxy groups -OCH3 is 2. The van der Waals surface area contributed by atoms with Crippen LogP contribution in [-0.2, 0) is 16.0 Å². The molecule has 18 heavy (non-hydrogen) atoms. The lowest BCUT2D eigenvalue weighted by atomic mass is 10.3. The topological polar surface area (TPSA) is 60.6 Å². The van der Waals surface area contributed by atoms with Gasteiger partial charge in [-0.3, -0.25) is 4.90 Å². The van der Waals surface area contributed by atoms with E-state index in [1.165, 1.54) is 0 Å². The highest BCUT2D eigenvalue weighted by molar-refractivity contribution is 6.31. The molecule has 0 saturated carbocycles. The van der Waals surface area contributed by atoms with Crippen molar-refractivity contribution >= 4 is 17.4 Å². The Bertz CT molecular complexity index is 404. The SMILES string of the molecule is COC1CN(Cc2nc(N)ccc2Cl)CC1OC. The summed E-state index contributed by atoms with van der Waals surface area (Å²) in [7, 11) is 3.40. The number of rotatable bonds is 4. The fourth-order valence-corrected chi connectivity index (χ4v) is 2.39. The van der Waals surface area contributed by atoms with Crippen molar-refractivity contribution in [2.24, 2.45) is 0 Å². The molecular weight excluding hydrogens is 254 g/mol. The number of nitrogens with zero attached hydrogens (tertiary/aromatic N) is 2. The van der Waals surface area contributed by atoms with Crippen molar-refractivity contribution in [3.63, 3.8) is 0 Å². The third-order valence-corrected chi connectivity index (χ3v) is 3.55. The monoisotopic (exact) mass is 271 g/mol. The largest absolute Gasteiger partial charge is 0.384 e. The van der Waals surface area contributed by atoms with Crippen LogP contribution in [0.25, 0.3) is 0 Å². The van der Waals surface area contributed by atoms with Crippen molar-refractivity contribution in [3.8, 4) is 0 Å². The summed E-state index contributed by atoms with van der Waals surface area (Å²) in [5.74, 6) is 0.486. The van der Waals surface area contributed by atoms with E-state index in [1.807, 2.05) is 0 Å². The van der Waals surface area contributed by atoms with Gasteiger partial charge in [0.2, 0.25) is 0 Å². The molecule has 1 aliphatic heterocycles. The molecule has 2 unspecified atom stereocenters. The van der Waals surface area contributed by atoms with Crippen LogP contribution in [0.3, 0.4) is 0 Å². The maximum Gasteiger partial charge on any atom is 0.123 e. The van der Waals surface area contributed by atoms with E-state index in [-0.39, 0.29) is 12.2 Å². The number of nitrogen functional groups attached to an aromatic ring is 1. The average Bonchev–Trinajstić information content (AvgIpc) is 2.76. The van der Waals surface area contributed by atoms with Gasteiger partial charge in [0.1, 0.15) is 5.82 Å². The molecule has 6 heteroatoms. The van der Waals surface area contributed by atoms with Crippen LogP contribution in [0.15, 0.2) is 12.1 Å². The highest BCUT2D eigenvalue weighted by Crippen LogP contribution is 2.21. The van der Waals surface area contributed by atoms with Gasteiger partial charge in [-0.15, -0.1) is 0 Å². The van der Waals surface area contributed by atoms with E-state index >= 15 is 0 Å². The van der Waals surface area contributed by atoms with Gasteiger partial charge in [-0.1, -0.05) is 11.6 Å². The second-order valence-electron chi connectivity index (χ2n) is 4.41. The van der Waals surface area contributed by atoms with E-state index in [4.69, 9.17) is 26.8 Å². The van der Waals surface area contributed by atoms with Crippen molar-refractivity contribution < 1.29 is 9.47 Å². The zero-order valence-corrected chi connectivity index (χ0v) is 11.4. The molecule has 5 nitrogen and oxygen atoms in total. The zero-order chi connectivity index (χ0) is 13.1. The molecule has 100 valence electrons. The summed E-state index contributed by atoms with van der Waals surface area (Å²) in [4.78, 5) is 6.46. The lowest BCUT2D eigenvalue weighted by molar-refractivity contribution is -0.00461. The number of hydrogen-bond donors (Lipinski definition) is 1. The summed E-state index contributed by atoms with van der Waals surface area (Å²) < 4.78 is 10.8. The van der Waals surface area contributed by atoms with Crippen molar-refractivity contribution in [3.05, 3.63) is 22.8 Å². The Hall–Kier alpha value is -0.880. The van der Waals surface area contributed by atoms with E-state index in [2.05, 4.69) is 9.88 Å². The molecular formula is C12H18ClN3O2. The van der Waals surface area contributed by atoms with E-state index in [0.717, 1.165) is 18.8 Å². The predicted molar refractivity (Wildman–Crippen MR) is 70.5 cm³/mol. The molecule has 1 aromatic heterocycles. The second kappa shape index (κ2) is 5.84. The molecule has 0 spiro atoms. The van der Waals surface area contributed by atoms with Crippen LogP contribution in [0.4, 0.5) is 5.82 Å². The molecule has 0 aliphatic carbocycles. The van der Waals surface area contributed by atoms with E-state index < -0.39 is 0 Å². The normalized spacial score (nSPS) is 24.6. The minimum absolute atomic E-state index is 0.0924. The Kier molecular flexibility index (Phi) is 4.40.